The van der Waals surface area contributed by atoms with Crippen molar-refractivity contribution in [2.24, 2.45) is 0 Å². The minimum absolute atomic E-state index is 0.0656. The van der Waals surface area contributed by atoms with Gasteiger partial charge in [0.1, 0.15) is 19.3 Å². The Morgan fingerprint density at radius 1 is 1.25 bits per heavy atom. The first-order valence-corrected chi connectivity index (χ1v) is 8.78. The Hall–Kier alpha value is -3.47. The van der Waals surface area contributed by atoms with E-state index in [4.69, 9.17) is 19.7 Å². The summed E-state index contributed by atoms with van der Waals surface area (Å²) in [4.78, 5) is 52.1. The molecule has 32 heavy (non-hydrogen) atoms. The zero-order valence-electron chi connectivity index (χ0n) is 16.5. The first-order valence-electron chi connectivity index (χ1n) is 8.78. The van der Waals surface area contributed by atoms with Gasteiger partial charge in [-0.3, -0.25) is 9.59 Å². The molecule has 5 N–H and O–H groups in total. The molecule has 0 aliphatic carbocycles. The monoisotopic (exact) mass is 473 g/mol. The second-order valence-electron chi connectivity index (χ2n) is 5.74. The SMILES string of the molecule is O=C(COCCO[N+](=O)[O-])NCCCNC(Cc1cnc[nH]1)C(=O)O.O=C(O)C(F)(F)F. The van der Waals surface area contributed by atoms with E-state index in [1.165, 1.54) is 6.33 Å². The quantitative estimate of drug-likeness (QED) is 0.130. The number of H-pyrrole nitrogens is 1. The summed E-state index contributed by atoms with van der Waals surface area (Å²) in [5, 5.41) is 30.7. The third-order valence-corrected chi connectivity index (χ3v) is 3.24. The van der Waals surface area contributed by atoms with Crippen molar-refractivity contribution in [3.05, 3.63) is 28.3 Å². The zero-order valence-corrected chi connectivity index (χ0v) is 16.5. The van der Waals surface area contributed by atoms with Gasteiger partial charge >= 0.3 is 18.1 Å². The number of carbonyl (C=O) groups is 3. The normalized spacial score (nSPS) is 11.6. The zero-order chi connectivity index (χ0) is 24.6. The van der Waals surface area contributed by atoms with Crippen molar-refractivity contribution in [2.45, 2.75) is 25.1 Å². The second kappa shape index (κ2) is 15.3. The number of amides is 1. The number of nitrogens with zero attached hydrogens (tertiary/aromatic N) is 2. The number of alkyl halides is 3. The lowest BCUT2D eigenvalue weighted by atomic mass is 10.1. The number of carboxylic acid groups (broad SMARTS) is 2. The number of halogens is 3. The molecule has 17 heteroatoms. The van der Waals surface area contributed by atoms with Gasteiger partial charge in [0.25, 0.3) is 5.09 Å². The fourth-order valence-corrected chi connectivity index (χ4v) is 1.84. The van der Waals surface area contributed by atoms with Gasteiger partial charge in [0.15, 0.2) is 0 Å². The van der Waals surface area contributed by atoms with Crippen LogP contribution in [-0.2, 0) is 30.4 Å². The van der Waals surface area contributed by atoms with Crippen molar-refractivity contribution in [2.75, 3.05) is 32.9 Å². The van der Waals surface area contributed by atoms with Crippen LogP contribution >= 0.6 is 0 Å². The summed E-state index contributed by atoms with van der Waals surface area (Å²) in [6.45, 7) is 0.215. The molecule has 0 saturated heterocycles. The van der Waals surface area contributed by atoms with Crippen molar-refractivity contribution < 1.29 is 52.4 Å². The Labute approximate surface area is 178 Å². The Morgan fingerprint density at radius 2 is 1.91 bits per heavy atom. The number of aromatic amines is 1. The first kappa shape index (κ1) is 28.5. The van der Waals surface area contributed by atoms with Crippen molar-refractivity contribution >= 4 is 17.8 Å². The molecule has 182 valence electrons. The lowest BCUT2D eigenvalue weighted by Crippen LogP contribution is -2.40. The van der Waals surface area contributed by atoms with Crippen LogP contribution < -0.4 is 10.6 Å². The molecule has 1 aromatic rings. The van der Waals surface area contributed by atoms with Crippen LogP contribution in [0.3, 0.4) is 0 Å². The van der Waals surface area contributed by atoms with E-state index < -0.39 is 29.2 Å². The molecule has 0 aliphatic heterocycles. The average molecular weight is 473 g/mol. The van der Waals surface area contributed by atoms with Gasteiger partial charge in [-0.15, -0.1) is 10.1 Å². The molecule has 1 unspecified atom stereocenters. The smallest absolute Gasteiger partial charge is 0.480 e. The number of ether oxygens (including phenoxy) is 1. The van der Waals surface area contributed by atoms with Gasteiger partial charge in [-0.1, -0.05) is 0 Å². The third kappa shape index (κ3) is 15.4. The molecule has 0 radical (unpaired) electrons. The molecular weight excluding hydrogens is 451 g/mol. The molecule has 0 saturated carbocycles. The highest BCUT2D eigenvalue weighted by atomic mass is 19.4. The van der Waals surface area contributed by atoms with Gasteiger partial charge < -0.3 is 35.4 Å². The topological polar surface area (TPSA) is 206 Å². The van der Waals surface area contributed by atoms with Crippen molar-refractivity contribution in [1.29, 1.82) is 0 Å². The summed E-state index contributed by atoms with van der Waals surface area (Å²) >= 11 is 0. The Kier molecular flexibility index (Phi) is 13.7. The second-order valence-corrected chi connectivity index (χ2v) is 5.74. The van der Waals surface area contributed by atoms with Crippen LogP contribution in [0.5, 0.6) is 0 Å². The molecule has 1 atom stereocenters. The van der Waals surface area contributed by atoms with E-state index in [9.17, 15) is 32.9 Å². The molecule has 0 bridgehead atoms. The fourth-order valence-electron chi connectivity index (χ4n) is 1.84. The van der Waals surface area contributed by atoms with E-state index in [0.717, 1.165) is 0 Å². The Bertz CT molecular complexity index is 716. The number of hydrogen-bond donors (Lipinski definition) is 5. The Balaban J connectivity index is 0.00000118. The van der Waals surface area contributed by atoms with E-state index in [-0.39, 0.29) is 32.1 Å². The number of imidazole rings is 1. The maximum absolute atomic E-state index is 11.4. The van der Waals surface area contributed by atoms with Crippen LogP contribution in [0.25, 0.3) is 0 Å². The molecule has 1 amide bonds. The largest absolute Gasteiger partial charge is 0.490 e. The summed E-state index contributed by atoms with van der Waals surface area (Å²) < 4.78 is 36.6. The number of hydrogen-bond acceptors (Lipinski definition) is 9. The van der Waals surface area contributed by atoms with Crippen LogP contribution in [0.15, 0.2) is 12.5 Å². The van der Waals surface area contributed by atoms with Crippen molar-refractivity contribution in [1.82, 2.24) is 20.6 Å². The van der Waals surface area contributed by atoms with Gasteiger partial charge in [-0.2, -0.15) is 13.2 Å². The van der Waals surface area contributed by atoms with Crippen LogP contribution in [0, 0.1) is 10.1 Å². The van der Waals surface area contributed by atoms with Crippen molar-refractivity contribution in [3.63, 3.8) is 0 Å². The average Bonchev–Trinajstić information content (AvgIpc) is 3.19. The van der Waals surface area contributed by atoms with E-state index >= 15 is 0 Å². The summed E-state index contributed by atoms with van der Waals surface area (Å²) in [6, 6.07) is -0.749. The van der Waals surface area contributed by atoms with Crippen LogP contribution in [-0.4, -0.2) is 88.2 Å². The maximum Gasteiger partial charge on any atom is 0.490 e. The van der Waals surface area contributed by atoms with Gasteiger partial charge in [0, 0.05) is 24.9 Å². The molecule has 0 aromatic carbocycles. The number of aromatic nitrogens is 2. The molecule has 0 fully saturated rings. The number of aliphatic carboxylic acids is 2. The van der Waals surface area contributed by atoms with Crippen molar-refractivity contribution in [3.8, 4) is 0 Å². The lowest BCUT2D eigenvalue weighted by molar-refractivity contribution is -0.758. The molecular formula is C15H22F3N5O9. The third-order valence-electron chi connectivity index (χ3n) is 3.24. The van der Waals surface area contributed by atoms with E-state index in [1.807, 2.05) is 0 Å². The highest BCUT2D eigenvalue weighted by Crippen LogP contribution is 2.13. The minimum atomic E-state index is -5.08. The van der Waals surface area contributed by atoms with Gasteiger partial charge in [0.2, 0.25) is 5.91 Å². The predicted octanol–water partition coefficient (Wildman–Crippen LogP) is -0.640. The minimum Gasteiger partial charge on any atom is -0.480 e. The van der Waals surface area contributed by atoms with E-state index in [2.05, 4.69) is 25.4 Å². The standard InChI is InChI=1S/C13H21N5O7.C2HF3O2/c19-12(8-24-4-5-25-18(22)23)16-3-1-2-15-11(13(20)21)6-10-7-14-9-17-10;3-2(4,5)1(6)7/h7,9,11,15H,1-6,8H2,(H,14,17)(H,16,19)(H,20,21);(H,6,7). The predicted molar refractivity (Wildman–Crippen MR) is 96.8 cm³/mol. The van der Waals surface area contributed by atoms with E-state index in [1.54, 1.807) is 6.20 Å². The molecule has 1 heterocycles. The molecule has 1 rings (SSSR count). The first-order chi connectivity index (χ1) is 14.9. The number of carboxylic acids is 2. The van der Waals surface area contributed by atoms with Crippen LogP contribution in [0.2, 0.25) is 0 Å². The van der Waals surface area contributed by atoms with Crippen LogP contribution in [0.4, 0.5) is 13.2 Å². The molecule has 0 aliphatic rings. The molecule has 1 aromatic heterocycles. The lowest BCUT2D eigenvalue weighted by Gasteiger charge is -2.13. The number of rotatable bonds is 14. The van der Waals surface area contributed by atoms with Gasteiger partial charge in [0.05, 0.1) is 12.9 Å². The maximum atomic E-state index is 11.4. The number of nitrogens with one attached hydrogen (secondary N) is 3. The van der Waals surface area contributed by atoms with Gasteiger partial charge in [-0.05, 0) is 13.0 Å². The number of carbonyl (C=O) groups excluding carboxylic acids is 1. The molecule has 0 spiro atoms. The highest BCUT2D eigenvalue weighted by Gasteiger charge is 2.38. The summed E-state index contributed by atoms with van der Waals surface area (Å²) in [7, 11) is 0. The van der Waals surface area contributed by atoms with E-state index in [0.29, 0.717) is 25.2 Å². The fraction of sp³-hybridized carbons (Fsp3) is 0.600. The summed E-state index contributed by atoms with van der Waals surface area (Å²) in [6.07, 6.45) is -1.23. The van der Waals surface area contributed by atoms with Crippen LogP contribution in [0.1, 0.15) is 12.1 Å². The van der Waals surface area contributed by atoms with Gasteiger partial charge in [-0.25, -0.2) is 9.78 Å². The molecule has 14 nitrogen and oxygen atoms in total. The highest BCUT2D eigenvalue weighted by molar-refractivity contribution is 5.77. The summed E-state index contributed by atoms with van der Waals surface area (Å²) in [5.41, 5.74) is 0.714. The Morgan fingerprint density at radius 3 is 2.41 bits per heavy atom. The summed E-state index contributed by atoms with van der Waals surface area (Å²) in [5.74, 6) is -4.09.